The van der Waals surface area contributed by atoms with Crippen molar-refractivity contribution >= 4 is 40.9 Å². The van der Waals surface area contributed by atoms with Crippen molar-refractivity contribution in [1.82, 2.24) is 9.55 Å². The summed E-state index contributed by atoms with van der Waals surface area (Å²) in [7, 11) is 3.36. The Morgan fingerprint density at radius 3 is 2.31 bits per heavy atom. The van der Waals surface area contributed by atoms with Crippen LogP contribution in [0.2, 0.25) is 10.0 Å². The number of imidazole rings is 1. The molecule has 0 saturated heterocycles. The Balaban J connectivity index is 2.54. The molecule has 0 radical (unpaired) electrons. The van der Waals surface area contributed by atoms with Crippen LogP contribution in [-0.4, -0.2) is 22.6 Å². The van der Waals surface area contributed by atoms with Gasteiger partial charge in [-0.05, 0) is 24.1 Å². The summed E-state index contributed by atoms with van der Waals surface area (Å²) in [4.78, 5) is 17.1. The maximum absolute atomic E-state index is 11.5. The average Bonchev–Trinajstić information content (AvgIpc) is 2.82. The molecule has 0 aliphatic rings. The number of hydrogen-bond acceptors (Lipinski definition) is 5. The van der Waals surface area contributed by atoms with Crippen LogP contribution in [0.5, 0.6) is 0 Å². The number of ether oxygens (including phenoxy) is 2. The third-order valence-corrected chi connectivity index (χ3v) is 5.24. The van der Waals surface area contributed by atoms with Crippen molar-refractivity contribution in [2.24, 2.45) is 7.05 Å². The molecule has 8 heteroatoms. The topological polar surface area (TPSA) is 53.4 Å². The van der Waals surface area contributed by atoms with E-state index in [-0.39, 0.29) is 5.92 Å². The van der Waals surface area contributed by atoms with Gasteiger partial charge in [0.1, 0.15) is 5.03 Å². The molecule has 0 fully saturated rings. The summed E-state index contributed by atoms with van der Waals surface area (Å²) in [6.07, 6.45) is 0. The molecule has 1 atom stereocenters. The molecule has 5 nitrogen and oxygen atoms in total. The maximum Gasteiger partial charge on any atom is 0.305 e. The van der Waals surface area contributed by atoms with Crippen LogP contribution >= 0.6 is 35.0 Å². The third-order valence-electron chi connectivity index (χ3n) is 3.84. The monoisotopic (exact) mass is 416 g/mol. The second kappa shape index (κ2) is 8.21. The predicted molar refractivity (Wildman–Crippen MR) is 104 cm³/mol. The van der Waals surface area contributed by atoms with Gasteiger partial charge >= 0.3 is 5.97 Å². The number of benzene rings is 1. The summed E-state index contributed by atoms with van der Waals surface area (Å²) in [5, 5.41) is 1.90. The molecule has 0 amide bonds. The van der Waals surface area contributed by atoms with Gasteiger partial charge in [0.25, 0.3) is 5.79 Å². The van der Waals surface area contributed by atoms with Crippen LogP contribution in [0, 0.1) is 0 Å². The van der Waals surface area contributed by atoms with Crippen LogP contribution in [0.4, 0.5) is 0 Å². The van der Waals surface area contributed by atoms with Gasteiger partial charge in [-0.15, -0.1) is 0 Å². The van der Waals surface area contributed by atoms with Gasteiger partial charge in [0.15, 0.2) is 5.82 Å². The molecule has 1 heterocycles. The van der Waals surface area contributed by atoms with E-state index in [0.29, 0.717) is 15.9 Å². The molecular weight excluding hydrogens is 395 g/mol. The first-order valence-corrected chi connectivity index (χ1v) is 9.60. The van der Waals surface area contributed by atoms with E-state index in [9.17, 15) is 4.79 Å². The SMILES string of the molecule is COC(C)(OC(C)=O)c1nc(Sc2cc(Cl)cc(Cl)c2)c(C(C)C)n1C. The molecule has 1 aromatic carbocycles. The Morgan fingerprint density at radius 1 is 1.27 bits per heavy atom. The van der Waals surface area contributed by atoms with Gasteiger partial charge in [-0.3, -0.25) is 4.79 Å². The van der Waals surface area contributed by atoms with Crippen LogP contribution < -0.4 is 0 Å². The highest BCUT2D eigenvalue weighted by molar-refractivity contribution is 7.99. The first-order chi connectivity index (χ1) is 12.1. The van der Waals surface area contributed by atoms with Gasteiger partial charge in [-0.2, -0.15) is 0 Å². The second-order valence-electron chi connectivity index (χ2n) is 6.29. The van der Waals surface area contributed by atoms with E-state index in [2.05, 4.69) is 13.8 Å². The first kappa shape index (κ1) is 21.1. The highest BCUT2D eigenvalue weighted by Gasteiger charge is 2.37. The number of halogens is 2. The van der Waals surface area contributed by atoms with E-state index in [0.717, 1.165) is 15.6 Å². The zero-order valence-electron chi connectivity index (χ0n) is 15.6. The molecule has 142 valence electrons. The summed E-state index contributed by atoms with van der Waals surface area (Å²) in [5.41, 5.74) is 0.997. The van der Waals surface area contributed by atoms with E-state index >= 15 is 0 Å². The molecule has 0 saturated carbocycles. The Labute approximate surface area is 168 Å². The number of hydrogen-bond donors (Lipinski definition) is 0. The Kier molecular flexibility index (Phi) is 6.66. The van der Waals surface area contributed by atoms with Crippen molar-refractivity contribution < 1.29 is 14.3 Å². The number of carbonyl (C=O) groups is 1. The fourth-order valence-electron chi connectivity index (χ4n) is 2.75. The number of carbonyl (C=O) groups excluding carboxylic acids is 1. The fraction of sp³-hybridized carbons (Fsp3) is 0.444. The molecule has 1 unspecified atom stereocenters. The molecule has 0 aliphatic heterocycles. The lowest BCUT2D eigenvalue weighted by Crippen LogP contribution is -2.33. The Morgan fingerprint density at radius 2 is 1.85 bits per heavy atom. The van der Waals surface area contributed by atoms with Gasteiger partial charge < -0.3 is 14.0 Å². The highest BCUT2D eigenvalue weighted by atomic mass is 35.5. The predicted octanol–water partition coefficient (Wildman–Crippen LogP) is 5.38. The van der Waals surface area contributed by atoms with Gasteiger partial charge in [0.05, 0.1) is 5.69 Å². The first-order valence-electron chi connectivity index (χ1n) is 8.03. The molecule has 2 aromatic rings. The van der Waals surface area contributed by atoms with Crippen molar-refractivity contribution in [3.63, 3.8) is 0 Å². The number of esters is 1. The van der Waals surface area contributed by atoms with Gasteiger partial charge in [-0.1, -0.05) is 48.8 Å². The van der Waals surface area contributed by atoms with E-state index in [1.165, 1.54) is 25.8 Å². The molecular formula is C18H22Cl2N2O3S. The van der Waals surface area contributed by atoms with Gasteiger partial charge in [-0.25, -0.2) is 4.98 Å². The minimum atomic E-state index is -1.28. The number of nitrogens with zero attached hydrogens (tertiary/aromatic N) is 2. The molecule has 1 aromatic heterocycles. The van der Waals surface area contributed by atoms with Crippen LogP contribution in [0.3, 0.4) is 0 Å². The largest absolute Gasteiger partial charge is 0.426 e. The molecule has 26 heavy (non-hydrogen) atoms. The Hall–Kier alpha value is -1.21. The average molecular weight is 417 g/mol. The summed E-state index contributed by atoms with van der Waals surface area (Å²) >= 11 is 13.7. The van der Waals surface area contributed by atoms with Crippen LogP contribution in [0.1, 0.15) is 45.1 Å². The third kappa shape index (κ3) is 4.55. The van der Waals surface area contributed by atoms with Gasteiger partial charge in [0.2, 0.25) is 0 Å². The van der Waals surface area contributed by atoms with Crippen LogP contribution in [0.15, 0.2) is 28.1 Å². The molecule has 2 rings (SSSR count). The zero-order chi connectivity index (χ0) is 19.6. The summed E-state index contributed by atoms with van der Waals surface area (Å²) in [6, 6.07) is 5.35. The van der Waals surface area contributed by atoms with Crippen molar-refractivity contribution in [3.8, 4) is 0 Å². The van der Waals surface area contributed by atoms with E-state index < -0.39 is 11.8 Å². The minimum Gasteiger partial charge on any atom is -0.426 e. The highest BCUT2D eigenvalue weighted by Crippen LogP contribution is 2.38. The van der Waals surface area contributed by atoms with Crippen molar-refractivity contribution in [2.75, 3.05) is 7.11 Å². The van der Waals surface area contributed by atoms with Crippen LogP contribution in [0.25, 0.3) is 0 Å². The van der Waals surface area contributed by atoms with E-state index in [1.54, 1.807) is 13.0 Å². The number of methoxy groups -OCH3 is 1. The molecule has 0 aliphatic carbocycles. The van der Waals surface area contributed by atoms with Crippen molar-refractivity contribution in [1.29, 1.82) is 0 Å². The lowest BCUT2D eigenvalue weighted by Gasteiger charge is -2.26. The Bertz CT molecular complexity index is 803. The van der Waals surface area contributed by atoms with Crippen molar-refractivity contribution in [3.05, 3.63) is 39.8 Å². The minimum absolute atomic E-state index is 0.192. The molecule has 0 spiro atoms. The standard InChI is InChI=1S/C18H22Cl2N2O3S/c1-10(2)15-16(26-14-8-12(19)7-13(20)9-14)21-17(22(15)5)18(4,24-6)25-11(3)23/h7-10H,1-6H3. The fourth-order valence-corrected chi connectivity index (χ4v) is 4.61. The van der Waals surface area contributed by atoms with Gasteiger partial charge in [0, 0.05) is 42.9 Å². The quantitative estimate of drug-likeness (QED) is 0.466. The summed E-state index contributed by atoms with van der Waals surface area (Å²) in [5.74, 6) is -1.03. The maximum atomic E-state index is 11.5. The normalized spacial score (nSPS) is 13.7. The van der Waals surface area contributed by atoms with Crippen LogP contribution in [-0.2, 0) is 27.1 Å². The summed E-state index contributed by atoms with van der Waals surface area (Å²) in [6.45, 7) is 7.16. The molecule has 0 bridgehead atoms. The smallest absolute Gasteiger partial charge is 0.305 e. The second-order valence-corrected chi connectivity index (χ2v) is 8.23. The number of rotatable bonds is 6. The molecule has 0 N–H and O–H groups in total. The van der Waals surface area contributed by atoms with E-state index in [4.69, 9.17) is 37.7 Å². The summed E-state index contributed by atoms with van der Waals surface area (Å²) < 4.78 is 12.8. The lowest BCUT2D eigenvalue weighted by atomic mass is 10.1. The zero-order valence-corrected chi connectivity index (χ0v) is 17.9. The van der Waals surface area contributed by atoms with Crippen molar-refractivity contribution in [2.45, 2.75) is 49.3 Å². The van der Waals surface area contributed by atoms with E-state index in [1.807, 2.05) is 23.7 Å². The lowest BCUT2D eigenvalue weighted by molar-refractivity contribution is -0.222. The number of aromatic nitrogens is 2.